The highest BCUT2D eigenvalue weighted by Crippen LogP contribution is 2.31. The van der Waals surface area contributed by atoms with Gasteiger partial charge in [0.25, 0.3) is 0 Å². The number of hydrogen-bond acceptors (Lipinski definition) is 0. The molecule has 1 rings (SSSR count). The topological polar surface area (TPSA) is 0 Å². The second-order valence-corrected chi connectivity index (χ2v) is 7.88. The van der Waals surface area contributed by atoms with Crippen LogP contribution in [0.3, 0.4) is 0 Å². The van der Waals surface area contributed by atoms with Gasteiger partial charge in [-0.05, 0) is 52.5 Å². The van der Waals surface area contributed by atoms with Gasteiger partial charge in [-0.25, -0.2) is 0 Å². The first-order chi connectivity index (χ1) is 8.93. The summed E-state index contributed by atoms with van der Waals surface area (Å²) in [4.78, 5) is 0. The number of hydrogen-bond donors (Lipinski definition) is 0. The van der Waals surface area contributed by atoms with Crippen LogP contribution in [0.5, 0.6) is 0 Å². The van der Waals surface area contributed by atoms with E-state index in [1.165, 1.54) is 27.8 Å². The van der Waals surface area contributed by atoms with E-state index in [9.17, 15) is 0 Å². The van der Waals surface area contributed by atoms with Crippen LogP contribution in [0.1, 0.15) is 65.2 Å². The minimum Gasteiger partial charge on any atom is -0.0953 e. The Kier molecular flexibility index (Phi) is 4.69. The third kappa shape index (κ3) is 4.10. The highest BCUT2D eigenvalue weighted by Gasteiger charge is 2.16. The summed E-state index contributed by atoms with van der Waals surface area (Å²) in [7, 11) is 0. The zero-order valence-electron chi connectivity index (χ0n) is 14.5. The maximum absolute atomic E-state index is 4.22. The second-order valence-electron chi connectivity index (χ2n) is 7.88. The van der Waals surface area contributed by atoms with Gasteiger partial charge in [-0.15, -0.1) is 0 Å². The molecule has 0 amide bonds. The molecule has 0 aliphatic heterocycles. The van der Waals surface area contributed by atoms with E-state index >= 15 is 0 Å². The molecule has 0 aliphatic carbocycles. The molecule has 0 heteroatoms. The zero-order chi connectivity index (χ0) is 15.7. The Labute approximate surface area is 125 Å². The highest BCUT2D eigenvalue weighted by atomic mass is 14.2. The lowest BCUT2D eigenvalue weighted by molar-refractivity contribution is 0.519. The molecular formula is C20H30. The van der Waals surface area contributed by atoms with E-state index in [4.69, 9.17) is 0 Å². The molecule has 0 N–H and O–H groups in total. The predicted octanol–water partition coefficient (Wildman–Crippen LogP) is 6.30. The van der Waals surface area contributed by atoms with Gasteiger partial charge in [0.15, 0.2) is 0 Å². The summed E-state index contributed by atoms with van der Waals surface area (Å²) in [6, 6.07) is 6.80. The quantitative estimate of drug-likeness (QED) is 0.553. The van der Waals surface area contributed by atoms with Crippen LogP contribution in [-0.4, -0.2) is 0 Å². The standard InChI is InChI=1S/C20H30/c1-14-10-11-17(20(7,8)9)13-18(14)15(2)12-16(3)19(4,5)6/h10-13H,3H2,1-2,4-9H3/b15-12+. The van der Waals surface area contributed by atoms with Crippen LogP contribution in [0.25, 0.3) is 5.57 Å². The molecule has 0 aliphatic rings. The number of benzene rings is 1. The average Bonchev–Trinajstić information content (AvgIpc) is 2.26. The van der Waals surface area contributed by atoms with Crippen molar-refractivity contribution in [1.29, 1.82) is 0 Å². The van der Waals surface area contributed by atoms with Gasteiger partial charge >= 0.3 is 0 Å². The van der Waals surface area contributed by atoms with Crippen LogP contribution in [0.2, 0.25) is 0 Å². The molecule has 0 unspecified atom stereocenters. The molecule has 0 heterocycles. The number of allylic oxidation sites excluding steroid dienone is 3. The van der Waals surface area contributed by atoms with E-state index in [-0.39, 0.29) is 10.8 Å². The SMILES string of the molecule is C=C(/C=C(\C)c1cc(C(C)(C)C)ccc1C)C(C)(C)C. The van der Waals surface area contributed by atoms with Crippen molar-refractivity contribution in [2.45, 2.75) is 60.8 Å². The molecule has 0 nitrogen and oxygen atoms in total. The first-order valence-electron chi connectivity index (χ1n) is 7.42. The summed E-state index contributed by atoms with van der Waals surface area (Å²) in [5, 5.41) is 0. The minimum absolute atomic E-state index is 0.122. The maximum atomic E-state index is 4.22. The van der Waals surface area contributed by atoms with E-state index in [1.807, 2.05) is 0 Å². The Balaban J connectivity index is 3.26. The monoisotopic (exact) mass is 270 g/mol. The molecule has 0 spiro atoms. The molecule has 0 saturated carbocycles. The van der Waals surface area contributed by atoms with Crippen LogP contribution in [0.15, 0.2) is 36.4 Å². The van der Waals surface area contributed by atoms with Crippen LogP contribution in [0.4, 0.5) is 0 Å². The second kappa shape index (κ2) is 5.60. The Hall–Kier alpha value is -1.30. The molecule has 0 radical (unpaired) electrons. The fourth-order valence-corrected chi connectivity index (χ4v) is 2.07. The van der Waals surface area contributed by atoms with Crippen LogP contribution in [-0.2, 0) is 5.41 Å². The average molecular weight is 270 g/mol. The van der Waals surface area contributed by atoms with Gasteiger partial charge in [-0.3, -0.25) is 0 Å². The Morgan fingerprint density at radius 2 is 1.60 bits per heavy atom. The molecule has 1 aromatic carbocycles. The molecular weight excluding hydrogens is 240 g/mol. The fourth-order valence-electron chi connectivity index (χ4n) is 2.07. The maximum Gasteiger partial charge on any atom is -0.0132 e. The van der Waals surface area contributed by atoms with Crippen LogP contribution < -0.4 is 0 Å². The summed E-state index contributed by atoms with van der Waals surface area (Å²) in [5.41, 5.74) is 6.83. The number of aryl methyl sites for hydroxylation is 1. The van der Waals surface area contributed by atoms with Gasteiger partial charge in [0.05, 0.1) is 0 Å². The summed E-state index contributed by atoms with van der Waals surface area (Å²) < 4.78 is 0. The predicted molar refractivity (Wildman–Crippen MR) is 92.1 cm³/mol. The molecule has 0 saturated heterocycles. The Morgan fingerprint density at radius 3 is 2.05 bits per heavy atom. The van der Waals surface area contributed by atoms with Crippen LogP contribution >= 0.6 is 0 Å². The van der Waals surface area contributed by atoms with Crippen molar-refractivity contribution >= 4 is 5.57 Å². The van der Waals surface area contributed by atoms with Crippen molar-refractivity contribution in [1.82, 2.24) is 0 Å². The van der Waals surface area contributed by atoms with Gasteiger partial charge in [-0.2, -0.15) is 0 Å². The normalized spacial score (nSPS) is 13.5. The van der Waals surface area contributed by atoms with E-state index in [1.54, 1.807) is 0 Å². The molecule has 20 heavy (non-hydrogen) atoms. The zero-order valence-corrected chi connectivity index (χ0v) is 14.5. The van der Waals surface area contributed by atoms with E-state index in [0.29, 0.717) is 0 Å². The molecule has 0 aromatic heterocycles. The van der Waals surface area contributed by atoms with Gasteiger partial charge < -0.3 is 0 Å². The third-order valence-corrected chi connectivity index (χ3v) is 3.88. The molecule has 0 fully saturated rings. The lowest BCUT2D eigenvalue weighted by atomic mass is 9.83. The minimum atomic E-state index is 0.122. The van der Waals surface area contributed by atoms with E-state index < -0.39 is 0 Å². The van der Waals surface area contributed by atoms with Gasteiger partial charge in [-0.1, -0.05) is 72.4 Å². The van der Waals surface area contributed by atoms with Crippen molar-refractivity contribution < 1.29 is 0 Å². The van der Waals surface area contributed by atoms with Crippen molar-refractivity contribution in [3.63, 3.8) is 0 Å². The van der Waals surface area contributed by atoms with Crippen molar-refractivity contribution in [3.8, 4) is 0 Å². The molecule has 110 valence electrons. The van der Waals surface area contributed by atoms with E-state index in [2.05, 4.69) is 86.2 Å². The van der Waals surface area contributed by atoms with Crippen molar-refractivity contribution in [2.75, 3.05) is 0 Å². The Bertz CT molecular complexity index is 528. The Morgan fingerprint density at radius 1 is 1.05 bits per heavy atom. The summed E-state index contributed by atoms with van der Waals surface area (Å²) in [6.07, 6.45) is 2.23. The van der Waals surface area contributed by atoms with Crippen molar-refractivity contribution in [2.24, 2.45) is 5.41 Å². The lowest BCUT2D eigenvalue weighted by Crippen LogP contribution is -2.11. The first kappa shape index (κ1) is 16.8. The molecule has 0 bridgehead atoms. The highest BCUT2D eigenvalue weighted by molar-refractivity contribution is 5.69. The summed E-state index contributed by atoms with van der Waals surface area (Å²) >= 11 is 0. The number of rotatable bonds is 2. The molecule has 1 aromatic rings. The van der Waals surface area contributed by atoms with E-state index in [0.717, 1.165) is 0 Å². The third-order valence-electron chi connectivity index (χ3n) is 3.88. The molecule has 0 atom stereocenters. The van der Waals surface area contributed by atoms with Gasteiger partial charge in [0, 0.05) is 0 Å². The van der Waals surface area contributed by atoms with Gasteiger partial charge in [0.2, 0.25) is 0 Å². The van der Waals surface area contributed by atoms with Crippen molar-refractivity contribution in [3.05, 3.63) is 53.1 Å². The lowest BCUT2D eigenvalue weighted by Gasteiger charge is -2.22. The van der Waals surface area contributed by atoms with Gasteiger partial charge in [0.1, 0.15) is 0 Å². The summed E-state index contributed by atoms with van der Waals surface area (Å²) in [5.74, 6) is 0. The fraction of sp³-hybridized carbons (Fsp3) is 0.500. The largest absolute Gasteiger partial charge is 0.0953 e. The smallest absolute Gasteiger partial charge is 0.0132 e. The van der Waals surface area contributed by atoms with Crippen LogP contribution in [0, 0.1) is 12.3 Å². The summed E-state index contributed by atoms with van der Waals surface area (Å²) in [6.45, 7) is 22.0. The first-order valence-corrected chi connectivity index (χ1v) is 7.42.